The highest BCUT2D eigenvalue weighted by Gasteiger charge is 2.25. The van der Waals surface area contributed by atoms with Crippen LogP contribution in [-0.2, 0) is 9.59 Å². The number of carbonyl (C=O) groups excluding carboxylic acids is 1. The molecule has 2 N–H and O–H groups in total. The molecule has 1 atom stereocenters. The predicted molar refractivity (Wildman–Crippen MR) is 63.1 cm³/mol. The molecule has 4 heteroatoms. The Labute approximate surface area is 97.4 Å². The monoisotopic (exact) mass is 229 g/mol. The van der Waals surface area contributed by atoms with Gasteiger partial charge in [-0.2, -0.15) is 0 Å². The molecule has 0 radical (unpaired) electrons. The molecule has 1 amide bonds. The van der Waals surface area contributed by atoms with Gasteiger partial charge in [-0.25, -0.2) is 0 Å². The lowest BCUT2D eigenvalue weighted by Gasteiger charge is -2.23. The van der Waals surface area contributed by atoms with Crippen LogP contribution < -0.4 is 5.32 Å². The minimum absolute atomic E-state index is 0.00108. The van der Waals surface area contributed by atoms with Crippen molar-refractivity contribution in [1.82, 2.24) is 5.32 Å². The molecule has 0 aliphatic rings. The lowest BCUT2D eigenvalue weighted by Crippen LogP contribution is -2.39. The number of aliphatic carboxylic acids is 1. The van der Waals surface area contributed by atoms with Gasteiger partial charge < -0.3 is 10.4 Å². The second-order valence-corrected chi connectivity index (χ2v) is 4.82. The van der Waals surface area contributed by atoms with E-state index in [2.05, 4.69) is 5.32 Å². The van der Waals surface area contributed by atoms with Gasteiger partial charge in [0, 0.05) is 18.4 Å². The van der Waals surface area contributed by atoms with Gasteiger partial charge in [0.25, 0.3) is 0 Å². The average Bonchev–Trinajstić information content (AvgIpc) is 2.22. The summed E-state index contributed by atoms with van der Waals surface area (Å²) < 4.78 is 0. The van der Waals surface area contributed by atoms with Crippen LogP contribution in [0.1, 0.15) is 47.0 Å². The Bertz CT molecular complexity index is 249. The van der Waals surface area contributed by atoms with Gasteiger partial charge >= 0.3 is 5.97 Å². The minimum atomic E-state index is -0.809. The van der Waals surface area contributed by atoms with Crippen molar-refractivity contribution in [3.63, 3.8) is 0 Å². The highest BCUT2D eigenvalue weighted by molar-refractivity contribution is 5.81. The molecule has 0 rings (SSSR count). The number of carbonyl (C=O) groups is 2. The summed E-state index contributed by atoms with van der Waals surface area (Å²) in [6.07, 6.45) is 1.65. The first-order valence-electron chi connectivity index (χ1n) is 5.83. The van der Waals surface area contributed by atoms with Crippen molar-refractivity contribution in [2.75, 3.05) is 6.54 Å². The van der Waals surface area contributed by atoms with Crippen LogP contribution in [0.3, 0.4) is 0 Å². The molecule has 0 spiro atoms. The van der Waals surface area contributed by atoms with Gasteiger partial charge in [-0.15, -0.1) is 0 Å². The van der Waals surface area contributed by atoms with Crippen LogP contribution in [-0.4, -0.2) is 23.5 Å². The van der Waals surface area contributed by atoms with Crippen molar-refractivity contribution in [3.05, 3.63) is 0 Å². The smallest absolute Gasteiger partial charge is 0.303 e. The third-order valence-electron chi connectivity index (χ3n) is 3.09. The number of amides is 1. The summed E-state index contributed by atoms with van der Waals surface area (Å²) in [5, 5.41) is 11.5. The molecule has 0 aromatic rings. The molecular formula is C12H23NO3. The third kappa shape index (κ3) is 5.14. The van der Waals surface area contributed by atoms with Crippen molar-refractivity contribution in [2.45, 2.75) is 47.0 Å². The van der Waals surface area contributed by atoms with Gasteiger partial charge in [-0.05, 0) is 12.3 Å². The van der Waals surface area contributed by atoms with E-state index in [1.807, 2.05) is 27.7 Å². The van der Waals surface area contributed by atoms with E-state index in [0.29, 0.717) is 6.54 Å². The van der Waals surface area contributed by atoms with Gasteiger partial charge in [0.05, 0.1) is 0 Å². The summed E-state index contributed by atoms with van der Waals surface area (Å²) in [4.78, 5) is 22.3. The minimum Gasteiger partial charge on any atom is -0.481 e. The largest absolute Gasteiger partial charge is 0.481 e. The second-order valence-electron chi connectivity index (χ2n) is 4.82. The van der Waals surface area contributed by atoms with Gasteiger partial charge in [-0.3, -0.25) is 9.59 Å². The van der Waals surface area contributed by atoms with E-state index in [1.54, 1.807) is 0 Å². The fourth-order valence-electron chi connectivity index (χ4n) is 1.24. The Hall–Kier alpha value is -1.06. The summed E-state index contributed by atoms with van der Waals surface area (Å²) in [7, 11) is 0. The van der Waals surface area contributed by atoms with E-state index in [9.17, 15) is 9.59 Å². The molecule has 0 aromatic carbocycles. The van der Waals surface area contributed by atoms with Crippen LogP contribution in [0.4, 0.5) is 0 Å². The number of nitrogens with one attached hydrogen (secondary N) is 1. The van der Waals surface area contributed by atoms with E-state index in [-0.39, 0.29) is 23.7 Å². The van der Waals surface area contributed by atoms with Crippen LogP contribution in [0.15, 0.2) is 0 Å². The van der Waals surface area contributed by atoms with Crippen LogP contribution in [0.25, 0.3) is 0 Å². The maximum Gasteiger partial charge on any atom is 0.303 e. The maximum atomic E-state index is 11.7. The number of hydrogen-bond acceptors (Lipinski definition) is 2. The highest BCUT2D eigenvalue weighted by atomic mass is 16.4. The van der Waals surface area contributed by atoms with E-state index >= 15 is 0 Å². The van der Waals surface area contributed by atoms with Crippen LogP contribution in [0.2, 0.25) is 0 Å². The first kappa shape index (κ1) is 14.9. The number of hydrogen-bond donors (Lipinski definition) is 2. The van der Waals surface area contributed by atoms with Crippen molar-refractivity contribution in [2.24, 2.45) is 11.3 Å². The molecule has 0 bridgehead atoms. The zero-order chi connectivity index (χ0) is 12.8. The summed E-state index contributed by atoms with van der Waals surface area (Å²) in [6, 6.07) is 0. The van der Waals surface area contributed by atoms with Crippen molar-refractivity contribution >= 4 is 11.9 Å². The first-order valence-corrected chi connectivity index (χ1v) is 5.83. The Balaban J connectivity index is 4.12. The van der Waals surface area contributed by atoms with Gasteiger partial charge in [0.2, 0.25) is 5.91 Å². The van der Waals surface area contributed by atoms with Gasteiger partial charge in [0.15, 0.2) is 0 Å². The van der Waals surface area contributed by atoms with E-state index in [4.69, 9.17) is 5.11 Å². The molecule has 1 unspecified atom stereocenters. The number of rotatable bonds is 7. The topological polar surface area (TPSA) is 66.4 Å². The molecule has 16 heavy (non-hydrogen) atoms. The van der Waals surface area contributed by atoms with Crippen molar-refractivity contribution < 1.29 is 14.7 Å². The van der Waals surface area contributed by atoms with Gasteiger partial charge in [-0.1, -0.05) is 34.1 Å². The zero-order valence-corrected chi connectivity index (χ0v) is 10.7. The second kappa shape index (κ2) is 6.51. The van der Waals surface area contributed by atoms with Crippen molar-refractivity contribution in [1.29, 1.82) is 0 Å². The fraction of sp³-hybridized carbons (Fsp3) is 0.833. The molecule has 0 fully saturated rings. The lowest BCUT2D eigenvalue weighted by molar-refractivity contribution is -0.138. The van der Waals surface area contributed by atoms with Crippen LogP contribution >= 0.6 is 0 Å². The lowest BCUT2D eigenvalue weighted by atomic mass is 9.89. The summed E-state index contributed by atoms with van der Waals surface area (Å²) in [6.45, 7) is 8.13. The molecule has 0 aromatic heterocycles. The molecule has 0 saturated carbocycles. The molecular weight excluding hydrogens is 206 g/mol. The molecule has 0 aliphatic carbocycles. The number of carboxylic acids is 1. The van der Waals surface area contributed by atoms with Crippen LogP contribution in [0.5, 0.6) is 0 Å². The highest BCUT2D eigenvalue weighted by Crippen LogP contribution is 2.19. The molecule has 0 saturated heterocycles. The normalized spacial score (nSPS) is 13.2. The molecule has 94 valence electrons. The maximum absolute atomic E-state index is 11.7. The summed E-state index contributed by atoms with van der Waals surface area (Å²) in [5.74, 6) is -0.788. The Morgan fingerprint density at radius 3 is 2.25 bits per heavy atom. The SMILES string of the molecule is CCC(CNC(=O)C(C)(C)CC)CC(=O)O. The van der Waals surface area contributed by atoms with E-state index in [1.165, 1.54) is 0 Å². The number of carboxylic acid groups (broad SMARTS) is 1. The zero-order valence-electron chi connectivity index (χ0n) is 10.7. The molecule has 0 aliphatic heterocycles. The van der Waals surface area contributed by atoms with E-state index < -0.39 is 5.97 Å². The van der Waals surface area contributed by atoms with E-state index in [0.717, 1.165) is 12.8 Å². The Morgan fingerprint density at radius 1 is 1.31 bits per heavy atom. The Kier molecular flexibility index (Phi) is 6.08. The van der Waals surface area contributed by atoms with Gasteiger partial charge in [0.1, 0.15) is 0 Å². The summed E-state index contributed by atoms with van der Waals surface area (Å²) in [5.41, 5.74) is -0.373. The fourth-order valence-corrected chi connectivity index (χ4v) is 1.24. The third-order valence-corrected chi connectivity index (χ3v) is 3.09. The summed E-state index contributed by atoms with van der Waals surface area (Å²) >= 11 is 0. The molecule has 4 nitrogen and oxygen atoms in total. The predicted octanol–water partition coefficient (Wildman–Crippen LogP) is 2.04. The molecule has 0 heterocycles. The average molecular weight is 229 g/mol. The first-order chi connectivity index (χ1) is 7.33. The standard InChI is InChI=1S/C12H23NO3/c1-5-9(7-10(14)15)8-13-11(16)12(3,4)6-2/h9H,5-8H2,1-4H3,(H,13,16)(H,14,15). The Morgan fingerprint density at radius 2 is 1.88 bits per heavy atom. The van der Waals surface area contributed by atoms with Crippen molar-refractivity contribution in [3.8, 4) is 0 Å². The van der Waals surface area contributed by atoms with Crippen LogP contribution in [0, 0.1) is 11.3 Å². The quantitative estimate of drug-likeness (QED) is 0.702.